The number of hydrogen-bond acceptors (Lipinski definition) is 5. The monoisotopic (exact) mass is 276 g/mol. The van der Waals surface area contributed by atoms with Crippen LogP contribution in [0.5, 0.6) is 0 Å². The van der Waals surface area contributed by atoms with Gasteiger partial charge in [-0.15, -0.1) is 0 Å². The van der Waals surface area contributed by atoms with E-state index in [0.717, 1.165) is 25.9 Å². The maximum Gasteiger partial charge on any atom is 0.269 e. The second kappa shape index (κ2) is 5.30. The minimum absolute atomic E-state index is 0.00111. The SMILES string of the molecule is O=C(CN1CC2CCC(C1)O2)c1ccc([N+](=O)[O-])cc1. The van der Waals surface area contributed by atoms with Gasteiger partial charge in [-0.3, -0.25) is 19.8 Å². The van der Waals surface area contributed by atoms with Crippen LogP contribution in [0.2, 0.25) is 0 Å². The molecule has 2 fully saturated rings. The molecule has 1 aromatic rings. The van der Waals surface area contributed by atoms with E-state index in [1.807, 2.05) is 0 Å². The Kier molecular flexibility index (Phi) is 3.50. The molecule has 0 radical (unpaired) electrons. The topological polar surface area (TPSA) is 72.7 Å². The summed E-state index contributed by atoms with van der Waals surface area (Å²) in [5, 5.41) is 10.6. The van der Waals surface area contributed by atoms with Crippen molar-refractivity contribution in [1.82, 2.24) is 4.90 Å². The van der Waals surface area contributed by atoms with E-state index in [9.17, 15) is 14.9 Å². The van der Waals surface area contributed by atoms with Crippen molar-refractivity contribution in [3.05, 3.63) is 39.9 Å². The third kappa shape index (κ3) is 2.71. The third-order valence-electron chi connectivity index (χ3n) is 3.89. The summed E-state index contributed by atoms with van der Waals surface area (Å²) in [7, 11) is 0. The number of hydrogen-bond donors (Lipinski definition) is 0. The van der Waals surface area contributed by atoms with Crippen molar-refractivity contribution in [2.45, 2.75) is 25.0 Å². The summed E-state index contributed by atoms with van der Waals surface area (Å²) in [5.41, 5.74) is 0.528. The molecule has 2 heterocycles. The molecule has 2 aliphatic heterocycles. The van der Waals surface area contributed by atoms with Crippen molar-refractivity contribution in [3.63, 3.8) is 0 Å². The first-order valence-electron chi connectivity index (χ1n) is 6.77. The fourth-order valence-corrected chi connectivity index (χ4v) is 2.89. The van der Waals surface area contributed by atoms with Gasteiger partial charge in [0.25, 0.3) is 5.69 Å². The van der Waals surface area contributed by atoms with E-state index >= 15 is 0 Å². The highest BCUT2D eigenvalue weighted by Crippen LogP contribution is 2.26. The van der Waals surface area contributed by atoms with Gasteiger partial charge in [-0.1, -0.05) is 0 Å². The lowest BCUT2D eigenvalue weighted by Crippen LogP contribution is -2.44. The molecule has 0 spiro atoms. The lowest BCUT2D eigenvalue weighted by atomic mass is 10.1. The van der Waals surface area contributed by atoms with Gasteiger partial charge in [-0.05, 0) is 25.0 Å². The minimum atomic E-state index is -0.464. The number of fused-ring (bicyclic) bond motifs is 2. The van der Waals surface area contributed by atoms with Gasteiger partial charge in [0.15, 0.2) is 5.78 Å². The maximum atomic E-state index is 12.2. The number of ether oxygens (including phenoxy) is 1. The number of carbonyl (C=O) groups excluding carboxylic acids is 1. The number of rotatable bonds is 4. The van der Waals surface area contributed by atoms with Gasteiger partial charge in [-0.25, -0.2) is 0 Å². The first-order valence-corrected chi connectivity index (χ1v) is 6.77. The van der Waals surface area contributed by atoms with Gasteiger partial charge in [0, 0.05) is 30.8 Å². The Morgan fingerprint density at radius 3 is 2.40 bits per heavy atom. The number of non-ortho nitro benzene ring substituents is 1. The molecule has 0 aliphatic carbocycles. The number of benzene rings is 1. The predicted molar refractivity (Wildman–Crippen MR) is 71.8 cm³/mol. The summed E-state index contributed by atoms with van der Waals surface area (Å²) in [6, 6.07) is 5.79. The Bertz CT molecular complexity index is 516. The van der Waals surface area contributed by atoms with Gasteiger partial charge < -0.3 is 4.74 Å². The van der Waals surface area contributed by atoms with Gasteiger partial charge >= 0.3 is 0 Å². The first-order chi connectivity index (χ1) is 9.61. The Morgan fingerprint density at radius 1 is 1.25 bits per heavy atom. The van der Waals surface area contributed by atoms with Crippen LogP contribution in [0.3, 0.4) is 0 Å². The van der Waals surface area contributed by atoms with Crippen LogP contribution in [-0.2, 0) is 4.74 Å². The molecular weight excluding hydrogens is 260 g/mol. The Balaban J connectivity index is 1.62. The van der Waals surface area contributed by atoms with Crippen LogP contribution in [0.25, 0.3) is 0 Å². The first kappa shape index (κ1) is 13.2. The van der Waals surface area contributed by atoms with Gasteiger partial charge in [-0.2, -0.15) is 0 Å². The predicted octanol–water partition coefficient (Wildman–Crippen LogP) is 1.64. The van der Waals surface area contributed by atoms with Gasteiger partial charge in [0.1, 0.15) is 0 Å². The number of nitro groups is 1. The molecule has 20 heavy (non-hydrogen) atoms. The van der Waals surface area contributed by atoms with Crippen LogP contribution in [0.1, 0.15) is 23.2 Å². The average Bonchev–Trinajstić information content (AvgIpc) is 2.78. The number of ketones is 1. The van der Waals surface area contributed by atoms with Crippen molar-refractivity contribution < 1.29 is 14.5 Å². The number of nitrogens with zero attached hydrogens (tertiary/aromatic N) is 2. The normalized spacial score (nSPS) is 25.6. The molecule has 2 unspecified atom stereocenters. The molecule has 0 aromatic heterocycles. The summed E-state index contributed by atoms with van der Waals surface area (Å²) in [6.07, 6.45) is 2.68. The molecule has 6 heteroatoms. The summed E-state index contributed by atoms with van der Waals surface area (Å²) >= 11 is 0. The standard InChI is InChI=1S/C14H16N2O4/c17-14(10-1-3-11(4-2-10)16(18)19)9-15-7-12-5-6-13(8-15)20-12/h1-4,12-13H,5-9H2. The van der Waals surface area contributed by atoms with E-state index in [-0.39, 0.29) is 23.7 Å². The highest BCUT2D eigenvalue weighted by Gasteiger charge is 2.34. The van der Waals surface area contributed by atoms with Crippen molar-refractivity contribution in [2.24, 2.45) is 0 Å². The summed E-state index contributed by atoms with van der Waals surface area (Å²) in [4.78, 5) is 24.4. The van der Waals surface area contributed by atoms with E-state index in [0.29, 0.717) is 12.1 Å². The molecule has 2 bridgehead atoms. The minimum Gasteiger partial charge on any atom is -0.372 e. The van der Waals surface area contributed by atoms with Crippen LogP contribution < -0.4 is 0 Å². The smallest absolute Gasteiger partial charge is 0.269 e. The second-order valence-corrected chi connectivity index (χ2v) is 5.38. The molecule has 0 saturated carbocycles. The number of morpholine rings is 1. The number of Topliss-reactive ketones (excluding diaryl/α,β-unsaturated/α-hetero) is 1. The molecule has 2 atom stereocenters. The largest absolute Gasteiger partial charge is 0.372 e. The number of carbonyl (C=O) groups is 1. The molecule has 6 nitrogen and oxygen atoms in total. The molecule has 2 aliphatic rings. The van der Waals surface area contributed by atoms with Crippen molar-refractivity contribution in [2.75, 3.05) is 19.6 Å². The van der Waals surface area contributed by atoms with Crippen LogP contribution >= 0.6 is 0 Å². The maximum absolute atomic E-state index is 12.2. The van der Waals surface area contributed by atoms with Crippen molar-refractivity contribution >= 4 is 11.5 Å². The van der Waals surface area contributed by atoms with Crippen molar-refractivity contribution in [1.29, 1.82) is 0 Å². The lowest BCUT2D eigenvalue weighted by Gasteiger charge is -2.31. The summed E-state index contributed by atoms with van der Waals surface area (Å²) in [5.74, 6) is 0.00111. The van der Waals surface area contributed by atoms with E-state index < -0.39 is 4.92 Å². The van der Waals surface area contributed by atoms with Gasteiger partial charge in [0.2, 0.25) is 0 Å². The van der Waals surface area contributed by atoms with Gasteiger partial charge in [0.05, 0.1) is 23.7 Å². The molecule has 0 N–H and O–H groups in total. The molecule has 3 rings (SSSR count). The Hall–Kier alpha value is -1.79. The number of nitro benzene ring substituents is 1. The zero-order valence-corrected chi connectivity index (χ0v) is 11.0. The second-order valence-electron chi connectivity index (χ2n) is 5.38. The highest BCUT2D eigenvalue weighted by molar-refractivity contribution is 5.97. The highest BCUT2D eigenvalue weighted by atomic mass is 16.6. The van der Waals surface area contributed by atoms with E-state index in [2.05, 4.69) is 4.90 Å². The fraction of sp³-hybridized carbons (Fsp3) is 0.500. The Labute approximate surface area is 116 Å². The molecule has 0 amide bonds. The van der Waals surface area contributed by atoms with E-state index in [4.69, 9.17) is 4.74 Å². The van der Waals surface area contributed by atoms with Crippen LogP contribution in [-0.4, -0.2) is 47.4 Å². The zero-order chi connectivity index (χ0) is 14.1. The lowest BCUT2D eigenvalue weighted by molar-refractivity contribution is -0.384. The quantitative estimate of drug-likeness (QED) is 0.475. The number of likely N-dealkylation sites (tertiary alicyclic amines) is 1. The third-order valence-corrected chi connectivity index (χ3v) is 3.89. The van der Waals surface area contributed by atoms with E-state index in [1.165, 1.54) is 24.3 Å². The van der Waals surface area contributed by atoms with Crippen LogP contribution in [0.15, 0.2) is 24.3 Å². The average molecular weight is 276 g/mol. The van der Waals surface area contributed by atoms with Crippen LogP contribution in [0.4, 0.5) is 5.69 Å². The van der Waals surface area contributed by atoms with Crippen LogP contribution in [0, 0.1) is 10.1 Å². The van der Waals surface area contributed by atoms with E-state index in [1.54, 1.807) is 0 Å². The molecular formula is C14H16N2O4. The summed E-state index contributed by atoms with van der Waals surface area (Å²) < 4.78 is 5.73. The zero-order valence-electron chi connectivity index (χ0n) is 11.0. The molecule has 2 saturated heterocycles. The Morgan fingerprint density at radius 2 is 1.85 bits per heavy atom. The molecule has 1 aromatic carbocycles. The molecule has 106 valence electrons. The fourth-order valence-electron chi connectivity index (χ4n) is 2.89. The van der Waals surface area contributed by atoms with Crippen molar-refractivity contribution in [3.8, 4) is 0 Å². The summed E-state index contributed by atoms with van der Waals surface area (Å²) in [6.45, 7) is 1.96.